The Kier molecular flexibility index (Phi) is 4.51. The molecule has 3 aliphatic rings. The normalized spacial score (nSPS) is 36.9. The van der Waals surface area contributed by atoms with Crippen molar-refractivity contribution in [1.29, 1.82) is 0 Å². The number of aliphatic carboxylic acids is 1. The zero-order valence-electron chi connectivity index (χ0n) is 12.8. The van der Waals surface area contributed by atoms with Crippen LogP contribution in [0, 0.1) is 23.7 Å². The lowest BCUT2D eigenvalue weighted by atomic mass is 9.67. The molecule has 0 radical (unpaired) electrons. The maximum Gasteiger partial charge on any atom is 0.308 e. The second-order valence-electron chi connectivity index (χ2n) is 7.28. The van der Waals surface area contributed by atoms with Gasteiger partial charge in [0.1, 0.15) is 0 Å². The van der Waals surface area contributed by atoms with Gasteiger partial charge in [-0.05, 0) is 43.9 Å². The van der Waals surface area contributed by atoms with E-state index < -0.39 is 5.97 Å². The Hall–Kier alpha value is -1.06. The third-order valence-electron chi connectivity index (χ3n) is 5.97. The molecule has 118 valence electrons. The molecule has 0 aromatic carbocycles. The van der Waals surface area contributed by atoms with Crippen molar-refractivity contribution in [2.24, 2.45) is 23.7 Å². The summed E-state index contributed by atoms with van der Waals surface area (Å²) < 4.78 is 0. The van der Waals surface area contributed by atoms with Crippen LogP contribution >= 0.6 is 0 Å². The van der Waals surface area contributed by atoms with Crippen LogP contribution in [0.5, 0.6) is 0 Å². The fourth-order valence-corrected chi connectivity index (χ4v) is 4.73. The van der Waals surface area contributed by atoms with E-state index in [1.54, 1.807) is 0 Å². The molecule has 4 heteroatoms. The summed E-state index contributed by atoms with van der Waals surface area (Å²) in [6.07, 6.45) is 10.2. The molecule has 4 atom stereocenters. The van der Waals surface area contributed by atoms with E-state index >= 15 is 0 Å². The van der Waals surface area contributed by atoms with Gasteiger partial charge in [0.05, 0.1) is 5.92 Å². The predicted molar refractivity (Wildman–Crippen MR) is 79.7 cm³/mol. The Morgan fingerprint density at radius 1 is 0.857 bits per heavy atom. The fourth-order valence-electron chi connectivity index (χ4n) is 4.73. The summed E-state index contributed by atoms with van der Waals surface area (Å²) in [5, 5.41) is 9.16. The molecular formula is C17H27NO3. The summed E-state index contributed by atoms with van der Waals surface area (Å²) >= 11 is 0. The highest BCUT2D eigenvalue weighted by Gasteiger charge is 2.38. The SMILES string of the molecule is O=C(O)[C@H]1CCCN(C(=O)C2CCC3CCCCC3C2)C1. The number of amides is 1. The number of carboxylic acids is 1. The molecule has 3 fully saturated rings. The maximum absolute atomic E-state index is 12.7. The Morgan fingerprint density at radius 2 is 1.62 bits per heavy atom. The molecule has 3 unspecified atom stereocenters. The van der Waals surface area contributed by atoms with Crippen LogP contribution in [-0.4, -0.2) is 35.0 Å². The van der Waals surface area contributed by atoms with Gasteiger partial charge in [0.25, 0.3) is 0 Å². The van der Waals surface area contributed by atoms with Gasteiger partial charge in [-0.15, -0.1) is 0 Å². The summed E-state index contributed by atoms with van der Waals surface area (Å²) in [5.74, 6) is 0.913. The number of likely N-dealkylation sites (tertiary alicyclic amines) is 1. The van der Waals surface area contributed by atoms with Crippen molar-refractivity contribution in [1.82, 2.24) is 4.90 Å². The summed E-state index contributed by atoms with van der Waals surface area (Å²) in [5.41, 5.74) is 0. The second kappa shape index (κ2) is 6.37. The lowest BCUT2D eigenvalue weighted by Crippen LogP contribution is -2.46. The third kappa shape index (κ3) is 3.24. The van der Waals surface area contributed by atoms with E-state index in [9.17, 15) is 9.59 Å². The van der Waals surface area contributed by atoms with E-state index in [0.717, 1.165) is 37.6 Å². The number of hydrogen-bond acceptors (Lipinski definition) is 2. The second-order valence-corrected chi connectivity index (χ2v) is 7.28. The number of carbonyl (C=O) groups excluding carboxylic acids is 1. The van der Waals surface area contributed by atoms with E-state index in [2.05, 4.69) is 0 Å². The molecule has 0 spiro atoms. The Morgan fingerprint density at radius 3 is 2.38 bits per heavy atom. The highest BCUT2D eigenvalue weighted by molar-refractivity contribution is 5.80. The van der Waals surface area contributed by atoms with E-state index in [-0.39, 0.29) is 17.7 Å². The van der Waals surface area contributed by atoms with Crippen molar-refractivity contribution in [3.63, 3.8) is 0 Å². The standard InChI is InChI=1S/C17H27NO3/c19-16(18-9-3-6-15(11-18)17(20)21)14-8-7-12-4-1-2-5-13(12)10-14/h12-15H,1-11H2,(H,20,21)/t12?,13?,14?,15-/m0/s1. The molecule has 21 heavy (non-hydrogen) atoms. The quantitative estimate of drug-likeness (QED) is 0.851. The van der Waals surface area contributed by atoms with Gasteiger partial charge in [-0.1, -0.05) is 25.7 Å². The summed E-state index contributed by atoms with van der Waals surface area (Å²) in [4.78, 5) is 25.7. The van der Waals surface area contributed by atoms with Crippen LogP contribution in [0.15, 0.2) is 0 Å². The van der Waals surface area contributed by atoms with Crippen molar-refractivity contribution in [3.05, 3.63) is 0 Å². The minimum atomic E-state index is -0.747. The molecule has 0 aromatic heterocycles. The van der Waals surface area contributed by atoms with Gasteiger partial charge in [0, 0.05) is 19.0 Å². The molecule has 2 saturated carbocycles. The average Bonchev–Trinajstić information content (AvgIpc) is 2.53. The largest absolute Gasteiger partial charge is 0.481 e. The highest BCUT2D eigenvalue weighted by atomic mass is 16.4. The first kappa shape index (κ1) is 14.9. The Labute approximate surface area is 126 Å². The Bertz CT molecular complexity index is 409. The number of carbonyl (C=O) groups is 2. The van der Waals surface area contributed by atoms with E-state index in [1.165, 1.54) is 32.1 Å². The molecule has 0 bridgehead atoms. The highest BCUT2D eigenvalue weighted by Crippen LogP contribution is 2.43. The van der Waals surface area contributed by atoms with Gasteiger partial charge in [-0.25, -0.2) is 0 Å². The summed E-state index contributed by atoms with van der Waals surface area (Å²) in [7, 11) is 0. The number of piperidine rings is 1. The molecule has 1 amide bonds. The first-order valence-corrected chi connectivity index (χ1v) is 8.66. The lowest BCUT2D eigenvalue weighted by molar-refractivity contribution is -0.147. The molecule has 1 saturated heterocycles. The molecule has 0 aromatic rings. The molecule has 4 nitrogen and oxygen atoms in total. The summed E-state index contributed by atoms with van der Waals surface area (Å²) in [6, 6.07) is 0. The van der Waals surface area contributed by atoms with Crippen LogP contribution in [0.3, 0.4) is 0 Å². The number of fused-ring (bicyclic) bond motifs is 1. The van der Waals surface area contributed by atoms with Crippen LogP contribution in [0.2, 0.25) is 0 Å². The van der Waals surface area contributed by atoms with E-state index in [0.29, 0.717) is 13.0 Å². The molecule has 2 aliphatic carbocycles. The first-order chi connectivity index (χ1) is 10.1. The third-order valence-corrected chi connectivity index (χ3v) is 5.97. The van der Waals surface area contributed by atoms with Crippen molar-refractivity contribution in [2.75, 3.05) is 13.1 Å². The molecule has 1 aliphatic heterocycles. The smallest absolute Gasteiger partial charge is 0.308 e. The number of nitrogens with zero attached hydrogens (tertiary/aromatic N) is 1. The van der Waals surface area contributed by atoms with Crippen LogP contribution in [0.25, 0.3) is 0 Å². The Balaban J connectivity index is 1.58. The molecular weight excluding hydrogens is 266 g/mol. The summed E-state index contributed by atoms with van der Waals surface area (Å²) in [6.45, 7) is 1.19. The van der Waals surface area contributed by atoms with Gasteiger partial charge in [-0.2, -0.15) is 0 Å². The zero-order valence-corrected chi connectivity index (χ0v) is 12.8. The topological polar surface area (TPSA) is 57.6 Å². The predicted octanol–water partition coefficient (Wildman–Crippen LogP) is 2.92. The van der Waals surface area contributed by atoms with Crippen molar-refractivity contribution >= 4 is 11.9 Å². The van der Waals surface area contributed by atoms with Gasteiger partial charge in [0.15, 0.2) is 0 Å². The molecule has 1 N–H and O–H groups in total. The minimum Gasteiger partial charge on any atom is -0.481 e. The van der Waals surface area contributed by atoms with Gasteiger partial charge >= 0.3 is 5.97 Å². The van der Waals surface area contributed by atoms with Crippen LogP contribution in [0.1, 0.15) is 57.8 Å². The van der Waals surface area contributed by atoms with Crippen LogP contribution < -0.4 is 0 Å². The number of hydrogen-bond donors (Lipinski definition) is 1. The lowest BCUT2D eigenvalue weighted by Gasteiger charge is -2.41. The van der Waals surface area contributed by atoms with Gasteiger partial charge in [0.2, 0.25) is 5.91 Å². The van der Waals surface area contributed by atoms with Crippen LogP contribution in [0.4, 0.5) is 0 Å². The number of rotatable bonds is 2. The fraction of sp³-hybridized carbons (Fsp3) is 0.882. The molecule has 3 rings (SSSR count). The van der Waals surface area contributed by atoms with Crippen LogP contribution in [-0.2, 0) is 9.59 Å². The minimum absolute atomic E-state index is 0.164. The van der Waals surface area contributed by atoms with Crippen molar-refractivity contribution in [3.8, 4) is 0 Å². The van der Waals surface area contributed by atoms with Gasteiger partial charge in [-0.3, -0.25) is 9.59 Å². The van der Waals surface area contributed by atoms with E-state index in [4.69, 9.17) is 5.11 Å². The maximum atomic E-state index is 12.7. The first-order valence-electron chi connectivity index (χ1n) is 8.66. The van der Waals surface area contributed by atoms with E-state index in [1.807, 2.05) is 4.90 Å². The average molecular weight is 293 g/mol. The van der Waals surface area contributed by atoms with Gasteiger partial charge < -0.3 is 10.0 Å². The number of carboxylic acid groups (broad SMARTS) is 1. The zero-order chi connectivity index (χ0) is 14.8. The monoisotopic (exact) mass is 293 g/mol. The van der Waals surface area contributed by atoms with Crippen molar-refractivity contribution < 1.29 is 14.7 Å². The van der Waals surface area contributed by atoms with Crippen molar-refractivity contribution in [2.45, 2.75) is 57.8 Å². The molecule has 1 heterocycles.